The van der Waals surface area contributed by atoms with Gasteiger partial charge in [-0.05, 0) is 52.9 Å². The van der Waals surface area contributed by atoms with Crippen molar-refractivity contribution in [3.8, 4) is 11.5 Å². The summed E-state index contributed by atoms with van der Waals surface area (Å²) in [6.07, 6.45) is 0. The third-order valence-corrected chi connectivity index (χ3v) is 7.00. The largest absolute Gasteiger partial charge is 0.508 e. The molecule has 0 aromatic heterocycles. The number of carbonyl (C=O) groups is 1. The maximum atomic E-state index is 13.2. The number of hydrogen-bond acceptors (Lipinski definition) is 3. The molecule has 0 spiro atoms. The number of aromatic hydroxyl groups is 2. The lowest BCUT2D eigenvalue weighted by molar-refractivity contribution is -0.132. The molecule has 5 rings (SSSR count). The van der Waals surface area contributed by atoms with E-state index >= 15 is 0 Å². The summed E-state index contributed by atoms with van der Waals surface area (Å²) < 4.78 is 1.76. The van der Waals surface area contributed by atoms with Crippen LogP contribution in [0.15, 0.2) is 81.7 Å². The summed E-state index contributed by atoms with van der Waals surface area (Å²) >= 11 is 7.08. The fraction of sp³-hybridized carbons (Fsp3) is 0.115. The van der Waals surface area contributed by atoms with Crippen molar-refractivity contribution in [3.05, 3.63) is 104 Å². The molecule has 0 fully saturated rings. The van der Waals surface area contributed by atoms with E-state index in [0.717, 1.165) is 30.8 Å². The Morgan fingerprint density at radius 3 is 1.66 bits per heavy atom. The third-order valence-electron chi connectivity index (χ3n) is 6.02. The van der Waals surface area contributed by atoms with E-state index in [1.165, 1.54) is 6.92 Å². The summed E-state index contributed by atoms with van der Waals surface area (Å²) in [4.78, 5) is 15.0. The van der Waals surface area contributed by atoms with Gasteiger partial charge < -0.3 is 15.1 Å². The molecule has 2 N–H and O–H groups in total. The Kier molecular flexibility index (Phi) is 5.22. The molecule has 2 atom stereocenters. The molecule has 0 saturated heterocycles. The predicted octanol–water partition coefficient (Wildman–Crippen LogP) is 6.82. The fourth-order valence-corrected chi connectivity index (χ4v) is 5.64. The molecule has 0 saturated carbocycles. The van der Waals surface area contributed by atoms with Crippen LogP contribution in [-0.4, -0.2) is 21.0 Å². The van der Waals surface area contributed by atoms with E-state index < -0.39 is 12.1 Å². The van der Waals surface area contributed by atoms with Crippen LogP contribution in [0.5, 0.6) is 11.5 Å². The Balaban J connectivity index is 1.95. The van der Waals surface area contributed by atoms with Crippen LogP contribution in [0.3, 0.4) is 0 Å². The number of carbonyl (C=O) groups excluding carboxylic acids is 1. The van der Waals surface area contributed by atoms with Crippen LogP contribution in [0.4, 0.5) is 0 Å². The summed E-state index contributed by atoms with van der Waals surface area (Å²) in [7, 11) is 0. The predicted molar refractivity (Wildman–Crippen MR) is 132 cm³/mol. The molecule has 1 aliphatic heterocycles. The van der Waals surface area contributed by atoms with Crippen LogP contribution < -0.4 is 0 Å². The minimum atomic E-state index is -0.535. The first-order valence-electron chi connectivity index (χ1n) is 10.1. The van der Waals surface area contributed by atoms with Crippen molar-refractivity contribution in [2.45, 2.75) is 19.0 Å². The maximum absolute atomic E-state index is 13.2. The highest BCUT2D eigenvalue weighted by molar-refractivity contribution is 9.10. The van der Waals surface area contributed by atoms with E-state index in [9.17, 15) is 15.0 Å². The lowest BCUT2D eigenvalue weighted by atomic mass is 9.79. The zero-order valence-electron chi connectivity index (χ0n) is 17.1. The van der Waals surface area contributed by atoms with Crippen molar-refractivity contribution in [3.63, 3.8) is 0 Å². The second kappa shape index (κ2) is 7.94. The second-order valence-electron chi connectivity index (χ2n) is 7.94. The van der Waals surface area contributed by atoms with Crippen LogP contribution in [0.25, 0.3) is 10.8 Å². The van der Waals surface area contributed by atoms with Gasteiger partial charge in [-0.25, -0.2) is 0 Å². The topological polar surface area (TPSA) is 60.8 Å². The molecule has 160 valence electrons. The summed E-state index contributed by atoms with van der Waals surface area (Å²) in [6.45, 7) is 1.53. The van der Waals surface area contributed by atoms with Crippen LogP contribution in [-0.2, 0) is 4.79 Å². The van der Waals surface area contributed by atoms with Crippen LogP contribution in [0.2, 0.25) is 0 Å². The number of phenolic OH excluding ortho intramolecular Hbond substituents is 2. The molecule has 6 heteroatoms. The number of benzene rings is 4. The van der Waals surface area contributed by atoms with Gasteiger partial charge in [0.1, 0.15) is 11.5 Å². The van der Waals surface area contributed by atoms with Crippen molar-refractivity contribution in [1.29, 1.82) is 0 Å². The number of hydrogen-bond donors (Lipinski definition) is 2. The van der Waals surface area contributed by atoms with Gasteiger partial charge in [0.2, 0.25) is 5.91 Å². The van der Waals surface area contributed by atoms with E-state index in [-0.39, 0.29) is 17.4 Å². The Morgan fingerprint density at radius 1 is 0.781 bits per heavy atom. The Morgan fingerprint density at radius 2 is 1.25 bits per heavy atom. The lowest BCUT2D eigenvalue weighted by Gasteiger charge is -2.44. The molecule has 32 heavy (non-hydrogen) atoms. The van der Waals surface area contributed by atoms with Crippen LogP contribution >= 0.6 is 31.9 Å². The minimum Gasteiger partial charge on any atom is -0.508 e. The van der Waals surface area contributed by atoms with Gasteiger partial charge in [-0.3, -0.25) is 4.79 Å². The van der Waals surface area contributed by atoms with Crippen LogP contribution in [0, 0.1) is 0 Å². The van der Waals surface area contributed by atoms with E-state index in [1.54, 1.807) is 17.0 Å². The number of halogens is 2. The number of amides is 1. The van der Waals surface area contributed by atoms with Crippen molar-refractivity contribution < 1.29 is 15.0 Å². The summed E-state index contributed by atoms with van der Waals surface area (Å²) in [5.74, 6) is 0.0202. The Bertz CT molecular complexity index is 1290. The first-order valence-corrected chi connectivity index (χ1v) is 11.7. The van der Waals surface area contributed by atoms with Crippen molar-refractivity contribution in [2.24, 2.45) is 0 Å². The van der Waals surface area contributed by atoms with E-state index in [1.807, 2.05) is 60.7 Å². The van der Waals surface area contributed by atoms with Gasteiger partial charge in [0.15, 0.2) is 0 Å². The van der Waals surface area contributed by atoms with Crippen LogP contribution in [0.1, 0.15) is 41.3 Å². The molecule has 0 aliphatic carbocycles. The van der Waals surface area contributed by atoms with Crippen molar-refractivity contribution >= 4 is 48.5 Å². The highest BCUT2D eigenvalue weighted by Gasteiger charge is 2.42. The maximum Gasteiger partial charge on any atom is 0.221 e. The highest BCUT2D eigenvalue weighted by atomic mass is 79.9. The zero-order valence-corrected chi connectivity index (χ0v) is 20.3. The Hall–Kier alpha value is -2.83. The molecule has 1 amide bonds. The minimum absolute atomic E-state index is 0.0910. The normalized spacial score (nSPS) is 17.5. The molecule has 4 nitrogen and oxygen atoms in total. The number of rotatable bonds is 2. The van der Waals surface area contributed by atoms with Gasteiger partial charge in [-0.15, -0.1) is 0 Å². The van der Waals surface area contributed by atoms with Gasteiger partial charge in [0, 0.05) is 32.4 Å². The molecule has 4 aromatic rings. The second-order valence-corrected chi connectivity index (χ2v) is 9.77. The average molecular weight is 553 g/mol. The molecular weight excluding hydrogens is 534 g/mol. The first kappa shape index (κ1) is 21.0. The monoisotopic (exact) mass is 551 g/mol. The fourth-order valence-electron chi connectivity index (χ4n) is 4.80. The van der Waals surface area contributed by atoms with E-state index in [0.29, 0.717) is 11.1 Å². The molecule has 2 unspecified atom stereocenters. The molecule has 1 heterocycles. The first-order chi connectivity index (χ1) is 15.4. The number of phenols is 2. The third kappa shape index (κ3) is 3.29. The number of nitrogens with zero attached hydrogens (tertiary/aromatic N) is 1. The van der Waals surface area contributed by atoms with E-state index in [2.05, 4.69) is 31.9 Å². The Labute approximate surface area is 202 Å². The summed E-state index contributed by atoms with van der Waals surface area (Å²) in [5.41, 5.74) is 2.97. The van der Waals surface area contributed by atoms with E-state index in [4.69, 9.17) is 0 Å². The highest BCUT2D eigenvalue weighted by Crippen LogP contribution is 2.53. The lowest BCUT2D eigenvalue weighted by Crippen LogP contribution is -2.40. The summed E-state index contributed by atoms with van der Waals surface area (Å²) in [5, 5.41) is 23.7. The average Bonchev–Trinajstić information content (AvgIpc) is 2.76. The van der Waals surface area contributed by atoms with Crippen molar-refractivity contribution in [2.75, 3.05) is 0 Å². The smallest absolute Gasteiger partial charge is 0.221 e. The molecular formula is C26H19Br2NO3. The van der Waals surface area contributed by atoms with Gasteiger partial charge >= 0.3 is 0 Å². The molecule has 1 aliphatic rings. The molecule has 0 radical (unpaired) electrons. The zero-order chi connectivity index (χ0) is 22.6. The SMILES string of the molecule is CC(=O)N1C(c2cccc(Br)c2)c2c(O)ccc3ccc(O)c(c23)C1c1cccc(Br)c1. The van der Waals surface area contributed by atoms with Gasteiger partial charge in [-0.2, -0.15) is 0 Å². The molecule has 0 bridgehead atoms. The standard InChI is InChI=1S/C26H19Br2NO3/c1-14(30)29-25(16-4-2-6-18(27)12-16)23-20(31)10-8-15-9-11-21(32)24(22(15)23)26(29)17-5-3-7-19(28)13-17/h2-13,25-26,31-32H,1H3. The van der Waals surface area contributed by atoms with Gasteiger partial charge in [0.05, 0.1) is 12.1 Å². The van der Waals surface area contributed by atoms with Gasteiger partial charge in [-0.1, -0.05) is 68.3 Å². The quantitative estimate of drug-likeness (QED) is 0.287. The molecule has 4 aromatic carbocycles. The van der Waals surface area contributed by atoms with Gasteiger partial charge in [0.25, 0.3) is 0 Å². The van der Waals surface area contributed by atoms with Crippen molar-refractivity contribution in [1.82, 2.24) is 4.90 Å². The summed E-state index contributed by atoms with van der Waals surface area (Å²) in [6, 6.07) is 21.4.